The molecule has 0 aliphatic rings. The number of H-pyrrole nitrogens is 1. The number of aromatic nitrogens is 2. The van der Waals surface area contributed by atoms with Crippen molar-refractivity contribution in [2.45, 2.75) is 25.8 Å². The maximum atomic E-state index is 11.2. The second-order valence-corrected chi connectivity index (χ2v) is 4.60. The fourth-order valence-corrected chi connectivity index (χ4v) is 1.71. The first kappa shape index (κ1) is 12.3. The lowest BCUT2D eigenvalue weighted by molar-refractivity contribution is 0.548. The summed E-state index contributed by atoms with van der Waals surface area (Å²) in [6.07, 6.45) is 2.06. The Kier molecular flexibility index (Phi) is 3.99. The molecule has 1 rings (SSSR count). The van der Waals surface area contributed by atoms with Gasteiger partial charge in [-0.1, -0.05) is 11.6 Å². The van der Waals surface area contributed by atoms with Crippen molar-refractivity contribution in [2.24, 2.45) is 0 Å². The number of hydrogen-bond donors (Lipinski definition) is 2. The van der Waals surface area contributed by atoms with Crippen molar-refractivity contribution in [1.82, 2.24) is 9.97 Å². The van der Waals surface area contributed by atoms with E-state index in [1.165, 1.54) is 6.33 Å². The molecule has 0 aromatic carbocycles. The lowest BCUT2D eigenvalue weighted by atomic mass is 10.0. The zero-order valence-electron chi connectivity index (χ0n) is 8.60. The molecule has 2 N–H and O–H groups in total. The van der Waals surface area contributed by atoms with E-state index in [0.29, 0.717) is 11.7 Å². The minimum atomic E-state index is -0.351. The summed E-state index contributed by atoms with van der Waals surface area (Å²) in [5.74, 6) is 0.913. The van der Waals surface area contributed by atoms with Crippen LogP contribution in [0.5, 0.6) is 0 Å². The summed E-state index contributed by atoms with van der Waals surface area (Å²) >= 11 is 11.5. The number of nitrogens with one attached hydrogen (secondary N) is 2. The molecule has 15 heavy (non-hydrogen) atoms. The van der Waals surface area contributed by atoms with Gasteiger partial charge in [0.05, 0.1) is 6.33 Å². The van der Waals surface area contributed by atoms with Crippen LogP contribution in [0.1, 0.15) is 20.3 Å². The molecule has 0 saturated carbocycles. The van der Waals surface area contributed by atoms with E-state index in [9.17, 15) is 4.79 Å². The molecule has 0 bridgehead atoms. The van der Waals surface area contributed by atoms with Crippen molar-refractivity contribution in [2.75, 3.05) is 11.2 Å². The number of rotatable bonds is 4. The third kappa shape index (κ3) is 3.39. The molecular weight excluding hydrogens is 237 g/mol. The summed E-state index contributed by atoms with van der Waals surface area (Å²) in [7, 11) is 0. The van der Waals surface area contributed by atoms with Gasteiger partial charge in [0.1, 0.15) is 5.02 Å². The molecule has 6 heteroatoms. The van der Waals surface area contributed by atoms with Gasteiger partial charge in [0.2, 0.25) is 0 Å². The van der Waals surface area contributed by atoms with Crippen LogP contribution in [0.25, 0.3) is 0 Å². The Hall–Kier alpha value is -0.740. The molecule has 1 aromatic heterocycles. The molecule has 0 saturated heterocycles. The SMILES string of the molecule is CC(C)(CCCl)Nc1nc[nH]c(=O)c1Cl. The van der Waals surface area contributed by atoms with E-state index in [4.69, 9.17) is 23.2 Å². The largest absolute Gasteiger partial charge is 0.364 e. The van der Waals surface area contributed by atoms with Gasteiger partial charge in [-0.3, -0.25) is 4.79 Å². The fourth-order valence-electron chi connectivity index (χ4n) is 1.09. The molecule has 0 fully saturated rings. The van der Waals surface area contributed by atoms with Gasteiger partial charge < -0.3 is 10.3 Å². The van der Waals surface area contributed by atoms with Crippen molar-refractivity contribution in [1.29, 1.82) is 0 Å². The van der Waals surface area contributed by atoms with Crippen molar-refractivity contribution >= 4 is 29.0 Å². The Bertz CT molecular complexity index is 389. The Balaban J connectivity index is 2.90. The second-order valence-electron chi connectivity index (χ2n) is 3.84. The quantitative estimate of drug-likeness (QED) is 0.805. The van der Waals surface area contributed by atoms with Crippen LogP contribution >= 0.6 is 23.2 Å². The van der Waals surface area contributed by atoms with E-state index in [1.807, 2.05) is 13.8 Å². The zero-order chi connectivity index (χ0) is 11.5. The highest BCUT2D eigenvalue weighted by Gasteiger charge is 2.19. The topological polar surface area (TPSA) is 57.8 Å². The lowest BCUT2D eigenvalue weighted by Crippen LogP contribution is -2.32. The number of hydrogen-bond acceptors (Lipinski definition) is 3. The van der Waals surface area contributed by atoms with E-state index in [1.54, 1.807) is 0 Å². The van der Waals surface area contributed by atoms with Gasteiger partial charge in [-0.2, -0.15) is 0 Å². The van der Waals surface area contributed by atoms with E-state index in [2.05, 4.69) is 15.3 Å². The molecule has 0 amide bonds. The number of nitrogens with zero attached hydrogens (tertiary/aromatic N) is 1. The molecule has 1 heterocycles. The summed E-state index contributed by atoms with van der Waals surface area (Å²) in [5.41, 5.74) is -0.595. The van der Waals surface area contributed by atoms with Crippen LogP contribution in [0.15, 0.2) is 11.1 Å². The summed E-state index contributed by atoms with van der Waals surface area (Å²) in [5, 5.41) is 3.15. The summed E-state index contributed by atoms with van der Waals surface area (Å²) in [4.78, 5) is 17.5. The minimum absolute atomic E-state index is 0.0696. The second kappa shape index (κ2) is 4.86. The highest BCUT2D eigenvalue weighted by atomic mass is 35.5. The van der Waals surface area contributed by atoms with E-state index in [0.717, 1.165) is 6.42 Å². The first-order valence-corrected chi connectivity index (χ1v) is 5.45. The normalized spacial score (nSPS) is 11.5. The van der Waals surface area contributed by atoms with Crippen molar-refractivity contribution in [3.05, 3.63) is 21.7 Å². The number of aromatic amines is 1. The monoisotopic (exact) mass is 249 g/mol. The van der Waals surface area contributed by atoms with Gasteiger partial charge in [-0.15, -0.1) is 11.6 Å². The first-order valence-electron chi connectivity index (χ1n) is 4.53. The van der Waals surface area contributed by atoms with E-state index < -0.39 is 0 Å². The Morgan fingerprint density at radius 2 is 2.27 bits per heavy atom. The average Bonchev–Trinajstić information content (AvgIpc) is 2.12. The fraction of sp³-hybridized carbons (Fsp3) is 0.556. The molecule has 0 spiro atoms. The summed E-state index contributed by atoms with van der Waals surface area (Å²) in [6, 6.07) is 0. The van der Waals surface area contributed by atoms with Crippen molar-refractivity contribution < 1.29 is 0 Å². The van der Waals surface area contributed by atoms with Crippen LogP contribution in [-0.2, 0) is 0 Å². The highest BCUT2D eigenvalue weighted by molar-refractivity contribution is 6.32. The molecule has 0 atom stereocenters. The van der Waals surface area contributed by atoms with Crippen LogP contribution in [0.3, 0.4) is 0 Å². The van der Waals surface area contributed by atoms with Crippen LogP contribution in [-0.4, -0.2) is 21.4 Å². The number of anilines is 1. The smallest absolute Gasteiger partial charge is 0.271 e. The first-order chi connectivity index (χ1) is 6.96. The van der Waals surface area contributed by atoms with Gasteiger partial charge in [0.25, 0.3) is 5.56 Å². The average molecular weight is 250 g/mol. The van der Waals surface area contributed by atoms with Crippen LogP contribution in [0.4, 0.5) is 5.82 Å². The highest BCUT2D eigenvalue weighted by Crippen LogP contribution is 2.20. The van der Waals surface area contributed by atoms with Gasteiger partial charge in [-0.25, -0.2) is 4.98 Å². The predicted octanol–water partition coefficient (Wildman–Crippen LogP) is 2.24. The van der Waals surface area contributed by atoms with Crippen LogP contribution in [0.2, 0.25) is 5.02 Å². The third-order valence-electron chi connectivity index (χ3n) is 1.97. The maximum absolute atomic E-state index is 11.2. The zero-order valence-corrected chi connectivity index (χ0v) is 10.1. The summed E-state index contributed by atoms with van der Waals surface area (Å²) in [6.45, 7) is 3.93. The van der Waals surface area contributed by atoms with Crippen molar-refractivity contribution in [3.8, 4) is 0 Å². The Morgan fingerprint density at radius 1 is 1.60 bits per heavy atom. The van der Waals surface area contributed by atoms with Gasteiger partial charge >= 0.3 is 0 Å². The molecule has 0 unspecified atom stereocenters. The standard InChI is InChI=1S/C9H13Cl2N3O/c1-9(2,3-4-10)14-7-6(11)8(15)13-5-12-7/h5H,3-4H2,1-2H3,(H2,12,13,14,15). The Morgan fingerprint density at radius 3 is 2.87 bits per heavy atom. The lowest BCUT2D eigenvalue weighted by Gasteiger charge is -2.26. The predicted molar refractivity (Wildman–Crippen MR) is 62.9 cm³/mol. The molecule has 0 aliphatic heterocycles. The van der Waals surface area contributed by atoms with Gasteiger partial charge in [-0.05, 0) is 20.3 Å². The number of halogens is 2. The summed E-state index contributed by atoms with van der Waals surface area (Å²) < 4.78 is 0. The molecule has 0 aliphatic carbocycles. The van der Waals surface area contributed by atoms with E-state index >= 15 is 0 Å². The van der Waals surface area contributed by atoms with Crippen LogP contribution in [0, 0.1) is 0 Å². The molecule has 0 radical (unpaired) electrons. The Labute approximate surface area is 98.0 Å². The molecule has 1 aromatic rings. The minimum Gasteiger partial charge on any atom is -0.364 e. The maximum Gasteiger partial charge on any atom is 0.271 e. The van der Waals surface area contributed by atoms with E-state index in [-0.39, 0.29) is 16.1 Å². The van der Waals surface area contributed by atoms with Gasteiger partial charge in [0, 0.05) is 11.4 Å². The third-order valence-corrected chi connectivity index (χ3v) is 2.51. The van der Waals surface area contributed by atoms with Crippen molar-refractivity contribution in [3.63, 3.8) is 0 Å². The number of alkyl halides is 1. The molecular formula is C9H13Cl2N3O. The molecule has 84 valence electrons. The molecule has 4 nitrogen and oxygen atoms in total. The van der Waals surface area contributed by atoms with Gasteiger partial charge in [0.15, 0.2) is 5.82 Å². The van der Waals surface area contributed by atoms with Crippen LogP contribution < -0.4 is 10.9 Å².